The van der Waals surface area contributed by atoms with Crippen LogP contribution in [-0.4, -0.2) is 11.6 Å². The first kappa shape index (κ1) is 26.1. The van der Waals surface area contributed by atoms with Crippen LogP contribution in [-0.2, 0) is 16.0 Å². The second-order valence-electron chi connectivity index (χ2n) is 9.81. The van der Waals surface area contributed by atoms with Crippen molar-refractivity contribution in [3.63, 3.8) is 0 Å². The Morgan fingerprint density at radius 3 is 1.62 bits per heavy atom. The molecule has 0 aromatic heterocycles. The quantitative estimate of drug-likeness (QED) is 0.149. The first-order valence-corrected chi connectivity index (χ1v) is 11.9. The van der Waals surface area contributed by atoms with E-state index in [0.717, 1.165) is 34.4 Å². The minimum absolute atomic E-state index is 0.0232. The van der Waals surface area contributed by atoms with Crippen molar-refractivity contribution in [1.29, 1.82) is 0 Å². The number of hydrogen-bond donors (Lipinski definition) is 0. The second-order valence-corrected chi connectivity index (χ2v) is 9.81. The van der Waals surface area contributed by atoms with Crippen molar-refractivity contribution in [1.82, 2.24) is 0 Å². The fourth-order valence-corrected chi connectivity index (χ4v) is 4.00. The Morgan fingerprint density at radius 1 is 0.649 bits per heavy atom. The zero-order chi connectivity index (χ0) is 26.7. The zero-order valence-electron chi connectivity index (χ0n) is 20.7. The summed E-state index contributed by atoms with van der Waals surface area (Å²) in [6.07, 6.45) is 0.901. The van der Waals surface area contributed by atoms with Crippen LogP contribution in [0.1, 0.15) is 32.8 Å². The fraction of sp³-hybridized carbons (Fsp3) is 0.194. The molecule has 0 fully saturated rings. The van der Waals surface area contributed by atoms with Gasteiger partial charge in [-0.25, -0.2) is 17.6 Å². The number of hydrogen-bond acceptors (Lipinski definition) is 2. The summed E-state index contributed by atoms with van der Waals surface area (Å²) in [5.41, 5.74) is 3.75. The van der Waals surface area contributed by atoms with E-state index in [1.165, 1.54) is 12.1 Å². The van der Waals surface area contributed by atoms with Gasteiger partial charge in [0.25, 0.3) is 0 Å². The van der Waals surface area contributed by atoms with Gasteiger partial charge < -0.3 is 4.74 Å². The van der Waals surface area contributed by atoms with Crippen LogP contribution in [0.15, 0.2) is 78.9 Å². The highest BCUT2D eigenvalue weighted by Gasteiger charge is 2.16. The Morgan fingerprint density at radius 2 is 1.11 bits per heavy atom. The van der Waals surface area contributed by atoms with Crippen molar-refractivity contribution in [2.75, 3.05) is 0 Å². The van der Waals surface area contributed by atoms with Gasteiger partial charge in [-0.3, -0.25) is 4.79 Å². The Kier molecular flexibility index (Phi) is 7.48. The van der Waals surface area contributed by atoms with Gasteiger partial charge in [0.05, 0.1) is 0 Å². The molecule has 0 aliphatic heterocycles. The Hall–Kier alpha value is -3.93. The summed E-state index contributed by atoms with van der Waals surface area (Å²) in [4.78, 5) is 11.9. The average Bonchev–Trinajstić information content (AvgIpc) is 2.85. The SMILES string of the molecule is CC(C)(C)OC(=O)CCc1ccc(-c2ccc(-c3ccc(-c4cc(F)c(F)c(F)c4)c(F)c3)cc2)cc1. The lowest BCUT2D eigenvalue weighted by Crippen LogP contribution is -2.23. The highest BCUT2D eigenvalue weighted by atomic mass is 19.2. The second kappa shape index (κ2) is 10.6. The maximum absolute atomic E-state index is 14.8. The third-order valence-corrected chi connectivity index (χ3v) is 5.81. The molecule has 6 heteroatoms. The van der Waals surface area contributed by atoms with Gasteiger partial charge in [-0.05, 0) is 78.8 Å². The Labute approximate surface area is 213 Å². The Bertz CT molecular complexity index is 1400. The van der Waals surface area contributed by atoms with Crippen LogP contribution in [0.2, 0.25) is 0 Å². The standard InChI is InChI=1S/C31H26F4O2/c1-31(2,3)37-29(36)15-6-19-4-7-20(8-5-19)21-9-11-22(12-10-21)23-13-14-25(26(32)16-23)24-17-27(33)30(35)28(34)18-24/h4-5,7-14,16-18H,6,15H2,1-3H3. The lowest BCUT2D eigenvalue weighted by atomic mass is 9.97. The van der Waals surface area contributed by atoms with Crippen molar-refractivity contribution >= 4 is 5.97 Å². The average molecular weight is 507 g/mol. The van der Waals surface area contributed by atoms with E-state index in [4.69, 9.17) is 4.74 Å². The van der Waals surface area contributed by atoms with Crippen LogP contribution in [0.25, 0.3) is 33.4 Å². The van der Waals surface area contributed by atoms with E-state index in [0.29, 0.717) is 18.4 Å². The molecule has 4 rings (SSSR count). The van der Waals surface area contributed by atoms with Gasteiger partial charge in [0.15, 0.2) is 17.5 Å². The molecule has 0 atom stereocenters. The molecule has 0 saturated heterocycles. The van der Waals surface area contributed by atoms with E-state index in [2.05, 4.69) is 0 Å². The molecule has 0 spiro atoms. The van der Waals surface area contributed by atoms with Crippen LogP contribution in [0.5, 0.6) is 0 Å². The summed E-state index contributed by atoms with van der Waals surface area (Å²) in [6.45, 7) is 5.53. The van der Waals surface area contributed by atoms with Gasteiger partial charge >= 0.3 is 5.97 Å². The minimum atomic E-state index is -1.59. The molecule has 190 valence electrons. The third-order valence-electron chi connectivity index (χ3n) is 5.81. The third kappa shape index (κ3) is 6.45. The molecular weight excluding hydrogens is 480 g/mol. The van der Waals surface area contributed by atoms with Crippen molar-refractivity contribution in [2.24, 2.45) is 0 Å². The van der Waals surface area contributed by atoms with Crippen molar-refractivity contribution < 1.29 is 27.1 Å². The van der Waals surface area contributed by atoms with Gasteiger partial charge in [0.1, 0.15) is 11.4 Å². The lowest BCUT2D eigenvalue weighted by molar-refractivity contribution is -0.154. The van der Waals surface area contributed by atoms with Gasteiger partial charge in [-0.1, -0.05) is 60.7 Å². The molecule has 0 aliphatic rings. The lowest BCUT2D eigenvalue weighted by Gasteiger charge is -2.19. The number of rotatable bonds is 6. The minimum Gasteiger partial charge on any atom is -0.460 e. The van der Waals surface area contributed by atoms with E-state index in [1.807, 2.05) is 69.3 Å². The number of carbonyl (C=O) groups is 1. The van der Waals surface area contributed by atoms with Crippen LogP contribution in [0, 0.1) is 23.3 Å². The predicted molar refractivity (Wildman–Crippen MR) is 137 cm³/mol. The number of halogens is 4. The van der Waals surface area contributed by atoms with E-state index in [-0.39, 0.29) is 17.1 Å². The first-order chi connectivity index (χ1) is 17.5. The molecule has 37 heavy (non-hydrogen) atoms. The van der Waals surface area contributed by atoms with E-state index < -0.39 is 28.9 Å². The summed E-state index contributed by atoms with van der Waals surface area (Å²) in [5.74, 6) is -5.23. The number of esters is 1. The highest BCUT2D eigenvalue weighted by Crippen LogP contribution is 2.31. The van der Waals surface area contributed by atoms with Crippen LogP contribution >= 0.6 is 0 Å². The Balaban J connectivity index is 1.45. The number of ether oxygens (including phenoxy) is 1. The molecule has 0 N–H and O–H groups in total. The maximum Gasteiger partial charge on any atom is 0.306 e. The summed E-state index contributed by atoms with van der Waals surface area (Å²) >= 11 is 0. The summed E-state index contributed by atoms with van der Waals surface area (Å²) in [7, 11) is 0. The topological polar surface area (TPSA) is 26.3 Å². The van der Waals surface area contributed by atoms with Crippen LogP contribution in [0.4, 0.5) is 17.6 Å². The van der Waals surface area contributed by atoms with Crippen molar-refractivity contribution in [3.05, 3.63) is 108 Å². The van der Waals surface area contributed by atoms with Gasteiger partial charge in [0.2, 0.25) is 0 Å². The summed E-state index contributed by atoms with van der Waals surface area (Å²) in [6, 6.07) is 21.4. The highest BCUT2D eigenvalue weighted by molar-refractivity contribution is 5.74. The van der Waals surface area contributed by atoms with Crippen molar-refractivity contribution in [2.45, 2.75) is 39.2 Å². The molecule has 0 aliphatic carbocycles. The van der Waals surface area contributed by atoms with Gasteiger partial charge in [-0.15, -0.1) is 0 Å². The van der Waals surface area contributed by atoms with Crippen LogP contribution < -0.4 is 0 Å². The normalized spacial score (nSPS) is 11.4. The molecule has 0 bridgehead atoms. The summed E-state index contributed by atoms with van der Waals surface area (Å²) in [5, 5.41) is 0. The molecule has 4 aromatic rings. The molecule has 0 radical (unpaired) electrons. The number of aryl methyl sites for hydroxylation is 1. The van der Waals surface area contributed by atoms with Crippen molar-refractivity contribution in [3.8, 4) is 33.4 Å². The largest absolute Gasteiger partial charge is 0.460 e. The smallest absolute Gasteiger partial charge is 0.306 e. The fourth-order valence-electron chi connectivity index (χ4n) is 4.00. The number of carbonyl (C=O) groups excluding carboxylic acids is 1. The molecule has 4 aromatic carbocycles. The predicted octanol–water partition coefficient (Wildman–Crippen LogP) is 8.52. The number of benzene rings is 4. The molecule has 0 saturated carbocycles. The zero-order valence-corrected chi connectivity index (χ0v) is 20.7. The molecule has 0 unspecified atom stereocenters. The van der Waals surface area contributed by atoms with Crippen LogP contribution in [0.3, 0.4) is 0 Å². The monoisotopic (exact) mass is 506 g/mol. The van der Waals surface area contributed by atoms with E-state index >= 15 is 0 Å². The maximum atomic E-state index is 14.8. The van der Waals surface area contributed by atoms with E-state index in [1.54, 1.807) is 6.07 Å². The molecule has 2 nitrogen and oxygen atoms in total. The molecule has 0 amide bonds. The summed E-state index contributed by atoms with van der Waals surface area (Å²) < 4.78 is 60.5. The van der Waals surface area contributed by atoms with Gasteiger partial charge in [0, 0.05) is 12.0 Å². The van der Waals surface area contributed by atoms with Gasteiger partial charge in [-0.2, -0.15) is 0 Å². The van der Waals surface area contributed by atoms with E-state index in [9.17, 15) is 22.4 Å². The first-order valence-electron chi connectivity index (χ1n) is 11.9. The molecule has 0 heterocycles. The molecular formula is C31H26F4O2.